The predicted octanol–water partition coefficient (Wildman–Crippen LogP) is 1.78. The van der Waals surface area contributed by atoms with Gasteiger partial charge < -0.3 is 10.6 Å². The molecule has 1 aromatic rings. The van der Waals surface area contributed by atoms with Crippen molar-refractivity contribution in [2.45, 2.75) is 12.8 Å². The van der Waals surface area contributed by atoms with Gasteiger partial charge in [-0.25, -0.2) is 0 Å². The number of hydrogen-bond acceptors (Lipinski definition) is 4. The Balaban J connectivity index is 2.29. The van der Waals surface area contributed by atoms with Gasteiger partial charge in [0.05, 0.1) is 16.3 Å². The first kappa shape index (κ1) is 9.76. The van der Waals surface area contributed by atoms with Gasteiger partial charge in [-0.3, -0.25) is 10.1 Å². The molecule has 0 unspecified atom stereocenters. The van der Waals surface area contributed by atoms with Crippen LogP contribution in [0.3, 0.4) is 0 Å². The minimum Gasteiger partial charge on any atom is -0.397 e. The van der Waals surface area contributed by atoms with Crippen LogP contribution in [0.1, 0.15) is 12.8 Å². The number of anilines is 2. The van der Waals surface area contributed by atoms with Gasteiger partial charge in [0.2, 0.25) is 0 Å². The average Bonchev–Trinajstić information content (AvgIpc) is 2.70. The molecule has 0 saturated carbocycles. The summed E-state index contributed by atoms with van der Waals surface area (Å²) in [4.78, 5) is 12.3. The molecule has 1 aromatic carbocycles. The maximum absolute atomic E-state index is 10.5. The van der Waals surface area contributed by atoms with Crippen LogP contribution in [0.25, 0.3) is 0 Å². The molecule has 80 valence electrons. The smallest absolute Gasteiger partial charge is 0.271 e. The largest absolute Gasteiger partial charge is 0.397 e. The molecule has 2 rings (SSSR count). The van der Waals surface area contributed by atoms with Crippen molar-refractivity contribution in [2.75, 3.05) is 23.7 Å². The average molecular weight is 207 g/mol. The van der Waals surface area contributed by atoms with Gasteiger partial charge in [0.25, 0.3) is 5.69 Å². The van der Waals surface area contributed by atoms with Gasteiger partial charge in [-0.2, -0.15) is 0 Å². The summed E-state index contributed by atoms with van der Waals surface area (Å²) in [5, 5.41) is 10.5. The zero-order valence-corrected chi connectivity index (χ0v) is 8.35. The Morgan fingerprint density at radius 2 is 2.00 bits per heavy atom. The minimum absolute atomic E-state index is 0.0513. The van der Waals surface area contributed by atoms with Crippen LogP contribution in [0.4, 0.5) is 17.1 Å². The van der Waals surface area contributed by atoms with Crippen molar-refractivity contribution in [3.63, 3.8) is 0 Å². The highest BCUT2D eigenvalue weighted by molar-refractivity contribution is 5.70. The Labute approximate surface area is 87.6 Å². The molecular weight excluding hydrogens is 194 g/mol. The van der Waals surface area contributed by atoms with E-state index in [4.69, 9.17) is 5.73 Å². The van der Waals surface area contributed by atoms with E-state index in [1.165, 1.54) is 12.1 Å². The molecule has 5 nitrogen and oxygen atoms in total. The molecule has 1 aliphatic rings. The molecular formula is C10H13N3O2. The van der Waals surface area contributed by atoms with Crippen LogP contribution in [-0.4, -0.2) is 18.0 Å². The Kier molecular flexibility index (Phi) is 2.45. The molecule has 1 aliphatic heterocycles. The van der Waals surface area contributed by atoms with Crippen molar-refractivity contribution in [2.24, 2.45) is 0 Å². The van der Waals surface area contributed by atoms with Gasteiger partial charge >= 0.3 is 0 Å². The van der Waals surface area contributed by atoms with Crippen molar-refractivity contribution in [3.8, 4) is 0 Å². The second kappa shape index (κ2) is 3.76. The van der Waals surface area contributed by atoms with Crippen LogP contribution >= 0.6 is 0 Å². The van der Waals surface area contributed by atoms with Crippen LogP contribution in [0, 0.1) is 10.1 Å². The van der Waals surface area contributed by atoms with Crippen LogP contribution in [-0.2, 0) is 0 Å². The lowest BCUT2D eigenvalue weighted by Crippen LogP contribution is -2.18. The van der Waals surface area contributed by atoms with E-state index in [0.717, 1.165) is 31.6 Å². The Morgan fingerprint density at radius 1 is 1.33 bits per heavy atom. The lowest BCUT2D eigenvalue weighted by molar-refractivity contribution is -0.384. The molecule has 0 aliphatic carbocycles. The molecule has 0 bridgehead atoms. The first-order chi connectivity index (χ1) is 7.18. The van der Waals surface area contributed by atoms with Gasteiger partial charge in [0.1, 0.15) is 0 Å². The van der Waals surface area contributed by atoms with Crippen LogP contribution in [0.15, 0.2) is 18.2 Å². The highest BCUT2D eigenvalue weighted by atomic mass is 16.6. The number of nitrogens with two attached hydrogens (primary N) is 1. The number of nitrogens with zero attached hydrogens (tertiary/aromatic N) is 2. The van der Waals surface area contributed by atoms with Crippen molar-refractivity contribution in [1.82, 2.24) is 0 Å². The number of rotatable bonds is 2. The molecule has 1 fully saturated rings. The number of nitrogen functional groups attached to an aromatic ring is 1. The van der Waals surface area contributed by atoms with Crippen molar-refractivity contribution >= 4 is 17.1 Å². The summed E-state index contributed by atoms with van der Waals surface area (Å²) in [6.07, 6.45) is 2.33. The van der Waals surface area contributed by atoms with Gasteiger partial charge in [-0.05, 0) is 18.9 Å². The zero-order chi connectivity index (χ0) is 10.8. The van der Waals surface area contributed by atoms with Gasteiger partial charge in [0.15, 0.2) is 0 Å². The number of nitro groups is 1. The Hall–Kier alpha value is -1.78. The molecule has 1 heterocycles. The third-order valence-corrected chi connectivity index (χ3v) is 2.67. The Morgan fingerprint density at radius 3 is 2.53 bits per heavy atom. The monoisotopic (exact) mass is 207 g/mol. The fourth-order valence-corrected chi connectivity index (χ4v) is 1.90. The second-order valence-electron chi connectivity index (χ2n) is 3.69. The van der Waals surface area contributed by atoms with E-state index < -0.39 is 4.92 Å². The first-order valence-electron chi connectivity index (χ1n) is 4.97. The molecule has 0 amide bonds. The molecule has 0 radical (unpaired) electrons. The van der Waals surface area contributed by atoms with Crippen molar-refractivity contribution in [1.29, 1.82) is 0 Å². The van der Waals surface area contributed by atoms with E-state index in [9.17, 15) is 10.1 Å². The van der Waals surface area contributed by atoms with E-state index in [1.807, 2.05) is 0 Å². The maximum atomic E-state index is 10.5. The highest BCUT2D eigenvalue weighted by Gasteiger charge is 2.16. The van der Waals surface area contributed by atoms with Crippen molar-refractivity contribution < 1.29 is 4.92 Å². The lowest BCUT2D eigenvalue weighted by Gasteiger charge is -2.19. The number of non-ortho nitro benzene ring substituents is 1. The van der Waals surface area contributed by atoms with E-state index in [0.29, 0.717) is 5.69 Å². The van der Waals surface area contributed by atoms with Gasteiger partial charge in [-0.15, -0.1) is 0 Å². The van der Waals surface area contributed by atoms with Crippen molar-refractivity contribution in [3.05, 3.63) is 28.3 Å². The number of benzene rings is 1. The standard InChI is InChI=1S/C10H13N3O2/c11-9-7-8(13(14)15)3-4-10(9)12-5-1-2-6-12/h3-4,7H,1-2,5-6,11H2. The normalized spacial score (nSPS) is 15.6. The fraction of sp³-hybridized carbons (Fsp3) is 0.400. The third-order valence-electron chi connectivity index (χ3n) is 2.67. The summed E-state index contributed by atoms with van der Waals surface area (Å²) in [6.45, 7) is 1.98. The van der Waals surface area contributed by atoms with E-state index in [1.54, 1.807) is 6.07 Å². The summed E-state index contributed by atoms with van der Waals surface area (Å²) < 4.78 is 0. The minimum atomic E-state index is -0.426. The summed E-state index contributed by atoms with van der Waals surface area (Å²) in [7, 11) is 0. The van der Waals surface area contributed by atoms with Crippen LogP contribution < -0.4 is 10.6 Å². The lowest BCUT2D eigenvalue weighted by atomic mass is 10.2. The molecule has 5 heteroatoms. The van der Waals surface area contributed by atoms with Gasteiger partial charge in [0, 0.05) is 25.2 Å². The first-order valence-corrected chi connectivity index (χ1v) is 4.97. The summed E-state index contributed by atoms with van der Waals surface area (Å²) >= 11 is 0. The maximum Gasteiger partial charge on any atom is 0.271 e. The topological polar surface area (TPSA) is 72.4 Å². The molecule has 1 saturated heterocycles. The summed E-state index contributed by atoms with van der Waals surface area (Å²) in [6, 6.07) is 4.66. The number of nitro benzene ring substituents is 1. The molecule has 15 heavy (non-hydrogen) atoms. The number of hydrogen-bond donors (Lipinski definition) is 1. The molecule has 0 atom stereocenters. The fourth-order valence-electron chi connectivity index (χ4n) is 1.90. The quantitative estimate of drug-likeness (QED) is 0.455. The SMILES string of the molecule is Nc1cc([N+](=O)[O-])ccc1N1CCCC1. The zero-order valence-electron chi connectivity index (χ0n) is 8.35. The Bertz CT molecular complexity index is 386. The second-order valence-corrected chi connectivity index (χ2v) is 3.69. The molecule has 2 N–H and O–H groups in total. The third kappa shape index (κ3) is 1.86. The summed E-state index contributed by atoms with van der Waals surface area (Å²) in [5.41, 5.74) is 7.25. The summed E-state index contributed by atoms with van der Waals surface area (Å²) in [5.74, 6) is 0. The highest BCUT2D eigenvalue weighted by Crippen LogP contribution is 2.29. The van der Waals surface area contributed by atoms with E-state index in [2.05, 4.69) is 4.90 Å². The van der Waals surface area contributed by atoms with Crippen LogP contribution in [0.5, 0.6) is 0 Å². The predicted molar refractivity (Wildman–Crippen MR) is 59.0 cm³/mol. The van der Waals surface area contributed by atoms with E-state index in [-0.39, 0.29) is 5.69 Å². The van der Waals surface area contributed by atoms with Crippen LogP contribution in [0.2, 0.25) is 0 Å². The molecule has 0 aromatic heterocycles. The van der Waals surface area contributed by atoms with E-state index >= 15 is 0 Å². The molecule has 0 spiro atoms. The van der Waals surface area contributed by atoms with Gasteiger partial charge in [-0.1, -0.05) is 0 Å².